The maximum absolute atomic E-state index is 12.8. The summed E-state index contributed by atoms with van der Waals surface area (Å²) in [5.41, 5.74) is -0.0919. The number of carbonyl (C=O) groups excluding carboxylic acids is 3. The molecular formula is C24H32O4. The Morgan fingerprint density at radius 2 is 1.79 bits per heavy atom. The molecule has 0 radical (unpaired) electrons. The van der Waals surface area contributed by atoms with Crippen molar-refractivity contribution in [3.63, 3.8) is 0 Å². The molecule has 0 aliphatic heterocycles. The summed E-state index contributed by atoms with van der Waals surface area (Å²) in [7, 11) is 0. The summed E-state index contributed by atoms with van der Waals surface area (Å²) < 4.78 is 5.83. The van der Waals surface area contributed by atoms with Crippen LogP contribution < -0.4 is 0 Å². The van der Waals surface area contributed by atoms with Gasteiger partial charge in [0.1, 0.15) is 0 Å². The fourth-order valence-corrected chi connectivity index (χ4v) is 7.68. The van der Waals surface area contributed by atoms with Crippen LogP contribution in [0.5, 0.6) is 0 Å². The molecule has 4 aliphatic carbocycles. The molecule has 0 N–H and O–H groups in total. The van der Waals surface area contributed by atoms with E-state index in [1.165, 1.54) is 12.5 Å². The van der Waals surface area contributed by atoms with Crippen molar-refractivity contribution in [1.82, 2.24) is 0 Å². The van der Waals surface area contributed by atoms with Gasteiger partial charge in [-0.25, -0.2) is 0 Å². The number of rotatable bonds is 2. The van der Waals surface area contributed by atoms with Crippen molar-refractivity contribution in [2.24, 2.45) is 34.5 Å². The lowest BCUT2D eigenvalue weighted by molar-refractivity contribution is -0.186. The Balaban J connectivity index is 1.75. The number of carbonyl (C=O) groups is 3. The van der Waals surface area contributed by atoms with E-state index in [2.05, 4.69) is 26.8 Å². The Labute approximate surface area is 167 Å². The fraction of sp³-hybridized carbons (Fsp3) is 0.708. The summed E-state index contributed by atoms with van der Waals surface area (Å²) in [6, 6.07) is 0. The highest BCUT2D eigenvalue weighted by Gasteiger charge is 2.68. The lowest BCUT2D eigenvalue weighted by Crippen LogP contribution is -2.59. The molecule has 152 valence electrons. The highest BCUT2D eigenvalue weighted by Crippen LogP contribution is 2.68. The molecule has 3 fully saturated rings. The molecule has 4 aliphatic rings. The van der Waals surface area contributed by atoms with Gasteiger partial charge in [-0.1, -0.05) is 32.4 Å². The maximum Gasteiger partial charge on any atom is 0.303 e. The first kappa shape index (κ1) is 19.6. The third-order valence-corrected chi connectivity index (χ3v) is 8.88. The van der Waals surface area contributed by atoms with Gasteiger partial charge in [-0.05, 0) is 74.9 Å². The Hall–Kier alpha value is -1.71. The van der Waals surface area contributed by atoms with E-state index in [1.807, 2.05) is 6.08 Å². The molecule has 28 heavy (non-hydrogen) atoms. The van der Waals surface area contributed by atoms with Crippen molar-refractivity contribution >= 4 is 17.5 Å². The quantitative estimate of drug-likeness (QED) is 0.661. The van der Waals surface area contributed by atoms with Gasteiger partial charge in [-0.3, -0.25) is 14.4 Å². The monoisotopic (exact) mass is 384 g/mol. The SMILES string of the molecule is CC(=O)O[C@]1(C(C)=O)CC[C@@H]2[C@@H]3C[C@H](C)C4=CC(=O)C=C[C@]4(C)[C@@H]3CC[C@]21C. The lowest BCUT2D eigenvalue weighted by Gasteiger charge is -2.59. The second-order valence-electron chi connectivity index (χ2n) is 10.1. The number of hydrogen-bond donors (Lipinski definition) is 0. The van der Waals surface area contributed by atoms with E-state index < -0.39 is 5.60 Å². The second-order valence-corrected chi connectivity index (χ2v) is 10.1. The van der Waals surface area contributed by atoms with Crippen molar-refractivity contribution in [2.45, 2.75) is 72.3 Å². The first-order valence-electron chi connectivity index (χ1n) is 10.7. The van der Waals surface area contributed by atoms with E-state index in [4.69, 9.17) is 4.74 Å². The van der Waals surface area contributed by atoms with Crippen LogP contribution in [0.2, 0.25) is 0 Å². The molecule has 3 saturated carbocycles. The molecule has 0 saturated heterocycles. The molecule has 0 aromatic heterocycles. The molecule has 0 amide bonds. The van der Waals surface area contributed by atoms with Crippen LogP contribution in [0, 0.1) is 34.5 Å². The second kappa shape index (κ2) is 6.14. The minimum atomic E-state index is -0.979. The van der Waals surface area contributed by atoms with E-state index in [0.29, 0.717) is 30.1 Å². The predicted molar refractivity (Wildman–Crippen MR) is 106 cm³/mol. The number of Topliss-reactive ketones (excluding diaryl/α,β-unsaturated/α-hetero) is 1. The van der Waals surface area contributed by atoms with Crippen LogP contribution in [0.15, 0.2) is 23.8 Å². The van der Waals surface area contributed by atoms with Gasteiger partial charge in [0, 0.05) is 17.8 Å². The zero-order valence-corrected chi connectivity index (χ0v) is 17.7. The number of ether oxygens (including phenoxy) is 1. The summed E-state index contributed by atoms with van der Waals surface area (Å²) in [6.07, 6.45) is 10.2. The zero-order chi connectivity index (χ0) is 20.5. The first-order valence-corrected chi connectivity index (χ1v) is 10.7. The average molecular weight is 385 g/mol. The predicted octanol–water partition coefficient (Wildman–Crippen LogP) is 4.43. The van der Waals surface area contributed by atoms with Crippen LogP contribution in [0.3, 0.4) is 0 Å². The topological polar surface area (TPSA) is 60.4 Å². The van der Waals surface area contributed by atoms with Crippen molar-refractivity contribution in [3.05, 3.63) is 23.8 Å². The lowest BCUT2D eigenvalue weighted by atomic mass is 9.45. The van der Waals surface area contributed by atoms with E-state index in [9.17, 15) is 14.4 Å². The van der Waals surface area contributed by atoms with Gasteiger partial charge in [0.15, 0.2) is 17.2 Å². The minimum Gasteiger partial charge on any atom is -0.451 e. The van der Waals surface area contributed by atoms with E-state index in [-0.39, 0.29) is 28.4 Å². The maximum atomic E-state index is 12.8. The minimum absolute atomic E-state index is 0.00929. The molecule has 0 spiro atoms. The fourth-order valence-electron chi connectivity index (χ4n) is 7.68. The highest BCUT2D eigenvalue weighted by atomic mass is 16.6. The van der Waals surface area contributed by atoms with Gasteiger partial charge < -0.3 is 4.74 Å². The zero-order valence-electron chi connectivity index (χ0n) is 17.7. The number of ketones is 2. The molecule has 0 unspecified atom stereocenters. The Kier molecular flexibility index (Phi) is 4.30. The standard InChI is InChI=1S/C24H32O4/c1-14-12-18-19(22(4)9-6-17(27)13-21(14)22)7-10-23(5)20(18)8-11-24(23,15(2)25)28-16(3)26/h6,9,13-14,18-20H,7-8,10-12H2,1-5H3/t14-,18+,19+,20+,22+,23+,24-/m0/s1. The Bertz CT molecular complexity index is 807. The highest BCUT2D eigenvalue weighted by molar-refractivity contribution is 6.01. The van der Waals surface area contributed by atoms with Crippen molar-refractivity contribution in [1.29, 1.82) is 0 Å². The molecular weight excluding hydrogens is 352 g/mol. The Morgan fingerprint density at radius 3 is 2.43 bits per heavy atom. The normalized spacial score (nSPS) is 46.9. The van der Waals surface area contributed by atoms with Gasteiger partial charge >= 0.3 is 5.97 Å². The molecule has 4 rings (SSSR count). The third kappa shape index (κ3) is 2.39. The number of fused-ring (bicyclic) bond motifs is 5. The van der Waals surface area contributed by atoms with Crippen LogP contribution in [-0.4, -0.2) is 23.1 Å². The summed E-state index contributed by atoms with van der Waals surface area (Å²) in [4.78, 5) is 36.7. The van der Waals surface area contributed by atoms with E-state index in [1.54, 1.807) is 13.0 Å². The van der Waals surface area contributed by atoms with Crippen LogP contribution in [0.1, 0.15) is 66.7 Å². The van der Waals surface area contributed by atoms with Gasteiger partial charge in [0.05, 0.1) is 0 Å². The molecule has 0 aromatic carbocycles. The summed E-state index contributed by atoms with van der Waals surface area (Å²) in [5.74, 6) is 1.39. The molecule has 7 atom stereocenters. The third-order valence-electron chi connectivity index (χ3n) is 8.88. The van der Waals surface area contributed by atoms with Crippen molar-refractivity contribution in [2.75, 3.05) is 0 Å². The molecule has 4 heteroatoms. The summed E-state index contributed by atoms with van der Waals surface area (Å²) in [6.45, 7) is 9.71. The Morgan fingerprint density at radius 1 is 1.11 bits per heavy atom. The van der Waals surface area contributed by atoms with Gasteiger partial charge in [0.2, 0.25) is 0 Å². The average Bonchev–Trinajstić information content (AvgIpc) is 2.90. The van der Waals surface area contributed by atoms with Crippen LogP contribution in [-0.2, 0) is 19.1 Å². The largest absolute Gasteiger partial charge is 0.451 e. The van der Waals surface area contributed by atoms with Crippen LogP contribution in [0.25, 0.3) is 0 Å². The van der Waals surface area contributed by atoms with Gasteiger partial charge in [0.25, 0.3) is 0 Å². The van der Waals surface area contributed by atoms with Gasteiger partial charge in [-0.2, -0.15) is 0 Å². The molecule has 0 bridgehead atoms. The summed E-state index contributed by atoms with van der Waals surface area (Å²) in [5, 5.41) is 0. The molecule has 0 aromatic rings. The van der Waals surface area contributed by atoms with Gasteiger partial charge in [-0.15, -0.1) is 0 Å². The number of allylic oxidation sites excluding steroid dienone is 4. The molecule has 4 nitrogen and oxygen atoms in total. The number of hydrogen-bond acceptors (Lipinski definition) is 4. The summed E-state index contributed by atoms with van der Waals surface area (Å²) >= 11 is 0. The van der Waals surface area contributed by atoms with Crippen molar-refractivity contribution < 1.29 is 19.1 Å². The van der Waals surface area contributed by atoms with E-state index in [0.717, 1.165) is 25.7 Å². The first-order chi connectivity index (χ1) is 13.0. The number of esters is 1. The molecule has 0 heterocycles. The van der Waals surface area contributed by atoms with Crippen molar-refractivity contribution in [3.8, 4) is 0 Å². The van der Waals surface area contributed by atoms with Crippen LogP contribution in [0.4, 0.5) is 0 Å². The van der Waals surface area contributed by atoms with Crippen LogP contribution >= 0.6 is 0 Å². The smallest absolute Gasteiger partial charge is 0.303 e. The van der Waals surface area contributed by atoms with E-state index >= 15 is 0 Å².